The van der Waals surface area contributed by atoms with E-state index in [4.69, 9.17) is 13.9 Å². The fraction of sp³-hybridized carbons (Fsp3) is 0.357. The highest BCUT2D eigenvalue weighted by Gasteiger charge is 2.31. The molecule has 0 radical (unpaired) electrons. The molecular weight excluding hydrogens is 278 g/mol. The Morgan fingerprint density at radius 1 is 1.43 bits per heavy atom. The van der Waals surface area contributed by atoms with Crippen LogP contribution in [0.25, 0.3) is 11.0 Å². The number of hydrogen-bond acceptors (Lipinski definition) is 6. The number of aryl methyl sites for hydroxylation is 2. The lowest BCUT2D eigenvalue weighted by Crippen LogP contribution is -2.06. The highest BCUT2D eigenvalue weighted by atomic mass is 16.6. The molecule has 0 aliphatic heterocycles. The molecule has 1 aromatic heterocycles. The van der Waals surface area contributed by atoms with Gasteiger partial charge in [-0.2, -0.15) is 0 Å². The number of nitro groups is 1. The molecule has 0 fully saturated rings. The molecular formula is C14H15NO6. The minimum atomic E-state index is -0.649. The topological polar surface area (TPSA) is 91.8 Å². The molecule has 2 rings (SSSR count). The van der Waals surface area contributed by atoms with Crippen LogP contribution in [0.1, 0.15) is 28.6 Å². The third-order valence-electron chi connectivity index (χ3n) is 3.14. The largest absolute Gasteiger partial charge is 0.490 e. The van der Waals surface area contributed by atoms with Crippen molar-refractivity contribution >= 4 is 22.6 Å². The number of nitrogens with zero attached hydrogens (tertiary/aromatic N) is 1. The number of rotatable bonds is 4. The Morgan fingerprint density at radius 3 is 2.62 bits per heavy atom. The van der Waals surface area contributed by atoms with Crippen molar-refractivity contribution in [3.63, 3.8) is 0 Å². The maximum absolute atomic E-state index is 12.1. The fourth-order valence-electron chi connectivity index (χ4n) is 2.29. The molecule has 112 valence electrons. The standard InChI is InChI=1S/C14H15NO6/c1-5-20-14(16)10-8(3)21-13-7(2)6-9(19-4)12(11(10)13)15(17)18/h6H,5H2,1-4H3. The van der Waals surface area contributed by atoms with Crippen LogP contribution in [-0.4, -0.2) is 24.6 Å². The number of benzene rings is 1. The van der Waals surface area contributed by atoms with E-state index < -0.39 is 10.9 Å². The fourth-order valence-corrected chi connectivity index (χ4v) is 2.29. The lowest BCUT2D eigenvalue weighted by Gasteiger charge is -2.05. The van der Waals surface area contributed by atoms with Gasteiger partial charge in [-0.25, -0.2) is 4.79 Å². The van der Waals surface area contributed by atoms with Crippen LogP contribution in [0.4, 0.5) is 5.69 Å². The number of carbonyl (C=O) groups excluding carboxylic acids is 1. The second kappa shape index (κ2) is 5.43. The smallest absolute Gasteiger partial charge is 0.342 e. The Labute approximate surface area is 120 Å². The summed E-state index contributed by atoms with van der Waals surface area (Å²) in [5.74, 6) is -0.288. The van der Waals surface area contributed by atoms with E-state index in [2.05, 4.69) is 0 Å². The quantitative estimate of drug-likeness (QED) is 0.488. The van der Waals surface area contributed by atoms with Gasteiger partial charge < -0.3 is 13.9 Å². The molecule has 0 amide bonds. The molecule has 0 N–H and O–H groups in total. The monoisotopic (exact) mass is 293 g/mol. The van der Waals surface area contributed by atoms with Crippen LogP contribution in [0.5, 0.6) is 5.75 Å². The summed E-state index contributed by atoms with van der Waals surface area (Å²) in [6.45, 7) is 5.13. The van der Waals surface area contributed by atoms with Crippen LogP contribution in [0.2, 0.25) is 0 Å². The second-order valence-corrected chi connectivity index (χ2v) is 4.46. The number of nitro benzene ring substituents is 1. The number of esters is 1. The molecule has 0 saturated heterocycles. The van der Waals surface area contributed by atoms with Gasteiger partial charge in [0.1, 0.15) is 22.3 Å². The summed E-state index contributed by atoms with van der Waals surface area (Å²) < 4.78 is 15.6. The summed E-state index contributed by atoms with van der Waals surface area (Å²) in [7, 11) is 1.34. The zero-order valence-corrected chi connectivity index (χ0v) is 12.2. The Hall–Kier alpha value is -2.57. The first-order chi connectivity index (χ1) is 9.92. The van der Waals surface area contributed by atoms with Crippen molar-refractivity contribution in [2.24, 2.45) is 0 Å². The summed E-state index contributed by atoms with van der Waals surface area (Å²) in [5.41, 5.74) is 0.715. The average molecular weight is 293 g/mol. The normalized spacial score (nSPS) is 10.7. The number of furan rings is 1. The van der Waals surface area contributed by atoms with Crippen molar-refractivity contribution in [3.05, 3.63) is 33.1 Å². The molecule has 0 saturated carbocycles. The van der Waals surface area contributed by atoms with Gasteiger partial charge in [0.2, 0.25) is 0 Å². The van der Waals surface area contributed by atoms with E-state index in [1.807, 2.05) is 0 Å². The number of hydrogen-bond donors (Lipinski definition) is 0. The van der Waals surface area contributed by atoms with Gasteiger partial charge in [-0.15, -0.1) is 0 Å². The number of methoxy groups -OCH3 is 1. The highest BCUT2D eigenvalue weighted by Crippen LogP contribution is 2.41. The van der Waals surface area contributed by atoms with Crippen molar-refractivity contribution < 1.29 is 23.6 Å². The van der Waals surface area contributed by atoms with Crippen molar-refractivity contribution in [2.45, 2.75) is 20.8 Å². The predicted octanol–water partition coefficient (Wildman–Crippen LogP) is 3.14. The number of fused-ring (bicyclic) bond motifs is 1. The van der Waals surface area contributed by atoms with Gasteiger partial charge in [-0.05, 0) is 32.4 Å². The van der Waals surface area contributed by atoms with Crippen LogP contribution in [0, 0.1) is 24.0 Å². The Kier molecular flexibility index (Phi) is 3.84. The first-order valence-corrected chi connectivity index (χ1v) is 6.34. The van der Waals surface area contributed by atoms with Gasteiger partial charge in [-0.1, -0.05) is 0 Å². The summed E-state index contributed by atoms with van der Waals surface area (Å²) in [5, 5.41) is 11.5. The first kappa shape index (κ1) is 14.8. The van der Waals surface area contributed by atoms with Crippen molar-refractivity contribution in [3.8, 4) is 5.75 Å². The molecule has 0 unspecified atom stereocenters. The minimum Gasteiger partial charge on any atom is -0.490 e. The molecule has 0 aliphatic rings. The van der Waals surface area contributed by atoms with Gasteiger partial charge in [0.15, 0.2) is 5.75 Å². The van der Waals surface area contributed by atoms with E-state index >= 15 is 0 Å². The van der Waals surface area contributed by atoms with Crippen LogP contribution in [0.3, 0.4) is 0 Å². The van der Waals surface area contributed by atoms with Crippen LogP contribution >= 0.6 is 0 Å². The Balaban J connectivity index is 2.92. The summed E-state index contributed by atoms with van der Waals surface area (Å²) in [6, 6.07) is 1.51. The molecule has 2 aromatic rings. The highest BCUT2D eigenvalue weighted by molar-refractivity contribution is 6.10. The maximum atomic E-state index is 12.1. The second-order valence-electron chi connectivity index (χ2n) is 4.46. The molecule has 7 nitrogen and oxygen atoms in total. The maximum Gasteiger partial charge on any atom is 0.342 e. The minimum absolute atomic E-state index is 0.0700. The van der Waals surface area contributed by atoms with Crippen molar-refractivity contribution in [1.29, 1.82) is 0 Å². The zero-order chi connectivity index (χ0) is 15.7. The van der Waals surface area contributed by atoms with E-state index in [9.17, 15) is 14.9 Å². The van der Waals surface area contributed by atoms with Crippen LogP contribution < -0.4 is 4.74 Å². The van der Waals surface area contributed by atoms with Gasteiger partial charge in [0.05, 0.1) is 18.6 Å². The predicted molar refractivity (Wildman–Crippen MR) is 74.9 cm³/mol. The number of ether oxygens (including phenoxy) is 2. The first-order valence-electron chi connectivity index (χ1n) is 6.34. The molecule has 7 heteroatoms. The van der Waals surface area contributed by atoms with Gasteiger partial charge >= 0.3 is 11.7 Å². The van der Waals surface area contributed by atoms with E-state index in [-0.39, 0.29) is 34.8 Å². The van der Waals surface area contributed by atoms with Crippen LogP contribution in [-0.2, 0) is 4.74 Å². The van der Waals surface area contributed by atoms with Crippen molar-refractivity contribution in [2.75, 3.05) is 13.7 Å². The van der Waals surface area contributed by atoms with Gasteiger partial charge in [-0.3, -0.25) is 10.1 Å². The third-order valence-corrected chi connectivity index (χ3v) is 3.14. The Morgan fingerprint density at radius 2 is 2.10 bits per heavy atom. The average Bonchev–Trinajstić information content (AvgIpc) is 2.75. The lowest BCUT2D eigenvalue weighted by molar-refractivity contribution is -0.384. The van der Waals surface area contributed by atoms with E-state index in [1.54, 1.807) is 20.8 Å². The molecule has 0 aliphatic carbocycles. The SMILES string of the molecule is CCOC(=O)c1c(C)oc2c(C)cc(OC)c([N+](=O)[O-])c12. The van der Waals surface area contributed by atoms with Gasteiger partial charge in [0.25, 0.3) is 0 Å². The van der Waals surface area contributed by atoms with Crippen molar-refractivity contribution in [1.82, 2.24) is 0 Å². The molecule has 0 atom stereocenters. The third kappa shape index (κ3) is 2.31. The van der Waals surface area contributed by atoms with E-state index in [1.165, 1.54) is 13.2 Å². The summed E-state index contributed by atoms with van der Waals surface area (Å²) in [4.78, 5) is 22.9. The van der Waals surface area contributed by atoms with E-state index in [0.717, 1.165) is 0 Å². The molecule has 1 heterocycles. The van der Waals surface area contributed by atoms with Crippen LogP contribution in [0.15, 0.2) is 10.5 Å². The van der Waals surface area contributed by atoms with E-state index in [0.29, 0.717) is 11.1 Å². The molecule has 0 bridgehead atoms. The Bertz CT molecular complexity index is 731. The molecule has 1 aromatic carbocycles. The molecule has 0 spiro atoms. The van der Waals surface area contributed by atoms with Gasteiger partial charge in [0, 0.05) is 0 Å². The molecule has 21 heavy (non-hydrogen) atoms. The zero-order valence-electron chi connectivity index (χ0n) is 12.2. The summed E-state index contributed by atoms with van der Waals surface area (Å²) >= 11 is 0. The lowest BCUT2D eigenvalue weighted by atomic mass is 10.1. The summed E-state index contributed by atoms with van der Waals surface area (Å²) in [6.07, 6.45) is 0. The number of carbonyl (C=O) groups is 1.